The molecule has 0 radical (unpaired) electrons. The number of ether oxygens (including phenoxy) is 2. The van der Waals surface area contributed by atoms with E-state index in [2.05, 4.69) is 4.98 Å². The van der Waals surface area contributed by atoms with Crippen LogP contribution in [-0.2, 0) is 9.47 Å². The van der Waals surface area contributed by atoms with Gasteiger partial charge in [0.05, 0.1) is 26.4 Å². The molecule has 0 bridgehead atoms. The van der Waals surface area contributed by atoms with Gasteiger partial charge in [0.25, 0.3) is 0 Å². The number of aromatic amines is 1. The first-order chi connectivity index (χ1) is 5.50. The van der Waals surface area contributed by atoms with E-state index in [9.17, 15) is 0 Å². The van der Waals surface area contributed by atoms with Crippen molar-refractivity contribution in [1.29, 1.82) is 0 Å². The zero-order chi connectivity index (χ0) is 7.78. The van der Waals surface area contributed by atoms with Crippen LogP contribution in [0.5, 0.6) is 0 Å². The lowest BCUT2D eigenvalue weighted by Gasteiger charge is -2.09. The highest BCUT2D eigenvalue weighted by atomic mass is 16.6. The summed E-state index contributed by atoms with van der Waals surface area (Å²) in [6.07, 6.45) is 3.75. The average Bonchev–Trinajstić information content (AvgIpc) is 2.64. The molecule has 2 rings (SSSR count). The van der Waals surface area contributed by atoms with Crippen LogP contribution in [0.1, 0.15) is 0 Å². The normalized spacial score (nSPS) is 16.7. The summed E-state index contributed by atoms with van der Waals surface area (Å²) in [7, 11) is 0. The summed E-state index contributed by atoms with van der Waals surface area (Å²) in [6, 6.07) is 3.89. The highest BCUT2D eigenvalue weighted by Crippen LogP contribution is 1.85. The summed E-state index contributed by atoms with van der Waals surface area (Å²) in [4.78, 5) is 2.86. The number of rotatable bonds is 0. The fourth-order valence-corrected chi connectivity index (χ4v) is 0.718. The molecule has 2 heterocycles. The van der Waals surface area contributed by atoms with Gasteiger partial charge in [-0.25, -0.2) is 0 Å². The molecule has 0 spiro atoms. The number of aromatic nitrogens is 1. The standard InChI is InChI=1S/C4H5N.C4H8O2/c1-2-4-5-3-1;1-2-6-4-3-5-1/h1-5H;1-4H2. The Labute approximate surface area is 66.3 Å². The van der Waals surface area contributed by atoms with E-state index >= 15 is 0 Å². The van der Waals surface area contributed by atoms with E-state index in [4.69, 9.17) is 9.47 Å². The van der Waals surface area contributed by atoms with Crippen molar-refractivity contribution in [1.82, 2.24) is 4.98 Å². The predicted molar refractivity (Wildman–Crippen MR) is 42.4 cm³/mol. The molecule has 11 heavy (non-hydrogen) atoms. The van der Waals surface area contributed by atoms with Crippen molar-refractivity contribution >= 4 is 0 Å². The molecule has 0 amide bonds. The molecule has 0 unspecified atom stereocenters. The second-order valence-corrected chi connectivity index (χ2v) is 2.11. The van der Waals surface area contributed by atoms with Gasteiger partial charge in [-0.15, -0.1) is 0 Å². The Morgan fingerprint density at radius 1 is 0.818 bits per heavy atom. The molecule has 1 aliphatic heterocycles. The Hall–Kier alpha value is -0.800. The van der Waals surface area contributed by atoms with E-state index in [1.807, 2.05) is 24.5 Å². The van der Waals surface area contributed by atoms with Crippen LogP contribution in [0.4, 0.5) is 0 Å². The van der Waals surface area contributed by atoms with Gasteiger partial charge in [0, 0.05) is 12.4 Å². The number of H-pyrrole nitrogens is 1. The molecule has 0 aliphatic carbocycles. The number of hydrogen-bond donors (Lipinski definition) is 1. The highest BCUT2D eigenvalue weighted by molar-refractivity contribution is 4.84. The molecule has 0 atom stereocenters. The summed E-state index contributed by atoms with van der Waals surface area (Å²) in [6.45, 7) is 3.11. The lowest BCUT2D eigenvalue weighted by Crippen LogP contribution is -2.16. The summed E-state index contributed by atoms with van der Waals surface area (Å²) in [5, 5.41) is 0. The van der Waals surface area contributed by atoms with Crippen LogP contribution in [0.3, 0.4) is 0 Å². The molecule has 3 nitrogen and oxygen atoms in total. The molecular weight excluding hydrogens is 142 g/mol. The SMILES string of the molecule is C1COCCO1.c1cc[nH]c1. The summed E-state index contributed by atoms with van der Waals surface area (Å²) in [5.74, 6) is 0. The van der Waals surface area contributed by atoms with Crippen LogP contribution in [0.25, 0.3) is 0 Å². The van der Waals surface area contributed by atoms with Crippen LogP contribution in [0.2, 0.25) is 0 Å². The average molecular weight is 155 g/mol. The van der Waals surface area contributed by atoms with Crippen LogP contribution >= 0.6 is 0 Å². The molecule has 1 N–H and O–H groups in total. The highest BCUT2D eigenvalue weighted by Gasteiger charge is 1.94. The Morgan fingerprint density at radius 3 is 1.45 bits per heavy atom. The molecule has 62 valence electrons. The van der Waals surface area contributed by atoms with Crippen LogP contribution in [0, 0.1) is 0 Å². The van der Waals surface area contributed by atoms with Gasteiger partial charge in [0.1, 0.15) is 0 Å². The third-order valence-corrected chi connectivity index (χ3v) is 1.24. The molecule has 3 heteroatoms. The van der Waals surface area contributed by atoms with Gasteiger partial charge >= 0.3 is 0 Å². The van der Waals surface area contributed by atoms with Gasteiger partial charge in [0.15, 0.2) is 0 Å². The monoisotopic (exact) mass is 155 g/mol. The zero-order valence-corrected chi connectivity index (χ0v) is 6.45. The lowest BCUT2D eigenvalue weighted by atomic mass is 10.6. The first kappa shape index (κ1) is 8.30. The summed E-state index contributed by atoms with van der Waals surface area (Å²) >= 11 is 0. The molecule has 0 saturated carbocycles. The third-order valence-electron chi connectivity index (χ3n) is 1.24. The molecule has 1 saturated heterocycles. The Morgan fingerprint density at radius 2 is 1.27 bits per heavy atom. The van der Waals surface area contributed by atoms with E-state index in [1.165, 1.54) is 0 Å². The van der Waals surface area contributed by atoms with Crippen molar-refractivity contribution in [2.45, 2.75) is 0 Å². The van der Waals surface area contributed by atoms with Gasteiger partial charge < -0.3 is 14.5 Å². The molecule has 0 aromatic carbocycles. The second-order valence-electron chi connectivity index (χ2n) is 2.11. The smallest absolute Gasteiger partial charge is 0.0701 e. The van der Waals surface area contributed by atoms with Crippen molar-refractivity contribution in [2.75, 3.05) is 26.4 Å². The van der Waals surface area contributed by atoms with E-state index in [-0.39, 0.29) is 0 Å². The topological polar surface area (TPSA) is 34.2 Å². The predicted octanol–water partition coefficient (Wildman–Crippen LogP) is 1.05. The molecule has 1 aliphatic rings. The molecular formula is C8H13NO2. The Balaban J connectivity index is 0.000000112. The minimum Gasteiger partial charge on any atom is -0.377 e. The van der Waals surface area contributed by atoms with E-state index < -0.39 is 0 Å². The quantitative estimate of drug-likeness (QED) is 0.607. The first-order valence-corrected chi connectivity index (χ1v) is 3.73. The molecule has 1 fully saturated rings. The fraction of sp³-hybridized carbons (Fsp3) is 0.500. The van der Waals surface area contributed by atoms with E-state index in [0.717, 1.165) is 26.4 Å². The van der Waals surface area contributed by atoms with Gasteiger partial charge in [0.2, 0.25) is 0 Å². The zero-order valence-electron chi connectivity index (χ0n) is 6.45. The van der Waals surface area contributed by atoms with Gasteiger partial charge in [-0.3, -0.25) is 0 Å². The van der Waals surface area contributed by atoms with Crippen molar-refractivity contribution in [3.8, 4) is 0 Å². The summed E-state index contributed by atoms with van der Waals surface area (Å²) in [5.41, 5.74) is 0. The minimum atomic E-state index is 0.778. The van der Waals surface area contributed by atoms with Crippen molar-refractivity contribution in [3.63, 3.8) is 0 Å². The third kappa shape index (κ3) is 4.58. The number of nitrogens with one attached hydrogen (secondary N) is 1. The number of hydrogen-bond acceptors (Lipinski definition) is 2. The van der Waals surface area contributed by atoms with Gasteiger partial charge in [-0.1, -0.05) is 0 Å². The first-order valence-electron chi connectivity index (χ1n) is 3.73. The van der Waals surface area contributed by atoms with E-state index in [1.54, 1.807) is 0 Å². The largest absolute Gasteiger partial charge is 0.377 e. The minimum absolute atomic E-state index is 0.778. The molecule has 1 aromatic heterocycles. The van der Waals surface area contributed by atoms with E-state index in [0.29, 0.717) is 0 Å². The van der Waals surface area contributed by atoms with Crippen molar-refractivity contribution in [3.05, 3.63) is 24.5 Å². The van der Waals surface area contributed by atoms with Crippen LogP contribution < -0.4 is 0 Å². The maximum Gasteiger partial charge on any atom is 0.0701 e. The van der Waals surface area contributed by atoms with Gasteiger partial charge in [-0.2, -0.15) is 0 Å². The maximum absolute atomic E-state index is 4.94. The fourth-order valence-electron chi connectivity index (χ4n) is 0.718. The van der Waals surface area contributed by atoms with Crippen LogP contribution in [0.15, 0.2) is 24.5 Å². The molecule has 1 aromatic rings. The lowest BCUT2D eigenvalue weighted by molar-refractivity contribution is -0.0334. The second kappa shape index (κ2) is 5.95. The van der Waals surface area contributed by atoms with Crippen LogP contribution in [-0.4, -0.2) is 31.4 Å². The Kier molecular flexibility index (Phi) is 4.49. The van der Waals surface area contributed by atoms with Crippen molar-refractivity contribution < 1.29 is 9.47 Å². The van der Waals surface area contributed by atoms with Gasteiger partial charge in [-0.05, 0) is 12.1 Å². The summed E-state index contributed by atoms with van der Waals surface area (Å²) < 4.78 is 9.89. The maximum atomic E-state index is 4.94. The Bertz CT molecular complexity index is 118. The van der Waals surface area contributed by atoms with Crippen molar-refractivity contribution in [2.24, 2.45) is 0 Å².